The molecule has 32 heavy (non-hydrogen) atoms. The maximum atomic E-state index is 13.4. The Balaban J connectivity index is 1.59. The Bertz CT molecular complexity index is 1250. The fourth-order valence-electron chi connectivity index (χ4n) is 3.73. The zero-order valence-electron chi connectivity index (χ0n) is 17.9. The normalized spacial score (nSPS) is 16.8. The van der Waals surface area contributed by atoms with Gasteiger partial charge in [0.2, 0.25) is 11.8 Å². The van der Waals surface area contributed by atoms with Crippen molar-refractivity contribution in [1.82, 2.24) is 19.7 Å². The maximum Gasteiger partial charge on any atom is 0.245 e. The Hall–Kier alpha value is -3.46. The van der Waals surface area contributed by atoms with Crippen LogP contribution in [0.25, 0.3) is 11.1 Å². The maximum absolute atomic E-state index is 13.4. The van der Waals surface area contributed by atoms with Gasteiger partial charge in [0.25, 0.3) is 0 Å². The van der Waals surface area contributed by atoms with E-state index < -0.39 is 15.9 Å². The van der Waals surface area contributed by atoms with Gasteiger partial charge in [-0.05, 0) is 30.2 Å². The number of ether oxygens (including phenoxy) is 1. The van der Waals surface area contributed by atoms with Gasteiger partial charge in [0.05, 0.1) is 25.1 Å². The number of aromatic nitrogens is 3. The molecule has 166 valence electrons. The number of carbonyl (C=O) groups excluding carboxylic acids is 1. The third-order valence-electron chi connectivity index (χ3n) is 5.47. The van der Waals surface area contributed by atoms with E-state index in [0.717, 1.165) is 22.4 Å². The van der Waals surface area contributed by atoms with Gasteiger partial charge in [-0.15, -0.1) is 0 Å². The molecule has 8 nitrogen and oxygen atoms in total. The molecule has 3 aromatic rings. The van der Waals surface area contributed by atoms with Crippen LogP contribution in [-0.4, -0.2) is 52.9 Å². The van der Waals surface area contributed by atoms with Gasteiger partial charge in [-0.25, -0.2) is 13.4 Å². The van der Waals surface area contributed by atoms with E-state index in [1.807, 2.05) is 37.3 Å². The lowest BCUT2D eigenvalue weighted by molar-refractivity contribution is -0.133. The van der Waals surface area contributed by atoms with Crippen molar-refractivity contribution in [2.45, 2.75) is 26.1 Å². The molecule has 1 aliphatic rings. The number of carbonyl (C=O) groups is 1. The molecule has 1 amide bonds. The van der Waals surface area contributed by atoms with Crippen molar-refractivity contribution in [2.24, 2.45) is 0 Å². The molecule has 1 aromatic carbocycles. The molecule has 0 radical (unpaired) electrons. The minimum Gasteiger partial charge on any atom is -0.481 e. The summed E-state index contributed by atoms with van der Waals surface area (Å²) in [4.78, 5) is 19.0. The molecular formula is C23H24N4O4S. The summed E-state index contributed by atoms with van der Waals surface area (Å²) >= 11 is 0. The van der Waals surface area contributed by atoms with E-state index >= 15 is 0 Å². The second kappa shape index (κ2) is 8.96. The summed E-state index contributed by atoms with van der Waals surface area (Å²) in [6.07, 6.45) is 4.91. The van der Waals surface area contributed by atoms with Crippen LogP contribution in [0.1, 0.15) is 11.3 Å². The van der Waals surface area contributed by atoms with E-state index in [1.165, 1.54) is 12.5 Å². The predicted octanol–water partition coefficient (Wildman–Crippen LogP) is 2.60. The van der Waals surface area contributed by atoms with Crippen molar-refractivity contribution < 1.29 is 17.9 Å². The molecule has 3 heterocycles. The highest BCUT2D eigenvalue weighted by atomic mass is 32.2. The Morgan fingerprint density at radius 1 is 1.25 bits per heavy atom. The van der Waals surface area contributed by atoms with Crippen LogP contribution in [0.3, 0.4) is 0 Å². The molecule has 4 rings (SSSR count). The number of hydrogen-bond donors (Lipinski definition) is 0. The number of pyridine rings is 1. The Morgan fingerprint density at radius 3 is 2.72 bits per heavy atom. The summed E-state index contributed by atoms with van der Waals surface area (Å²) in [5.74, 6) is 0.0761. The highest BCUT2D eigenvalue weighted by Gasteiger charge is 2.31. The van der Waals surface area contributed by atoms with Crippen molar-refractivity contribution in [1.29, 1.82) is 0 Å². The molecule has 1 atom stereocenters. The van der Waals surface area contributed by atoms with Gasteiger partial charge in [-0.1, -0.05) is 30.3 Å². The second-order valence-electron chi connectivity index (χ2n) is 7.62. The van der Waals surface area contributed by atoms with Crippen molar-refractivity contribution in [2.75, 3.05) is 12.9 Å². The number of amides is 1. The minimum atomic E-state index is -3.33. The van der Waals surface area contributed by atoms with E-state index in [1.54, 1.807) is 40.2 Å². The highest BCUT2D eigenvalue weighted by Crippen LogP contribution is 2.24. The van der Waals surface area contributed by atoms with Crippen molar-refractivity contribution >= 4 is 15.7 Å². The van der Waals surface area contributed by atoms with Crippen molar-refractivity contribution in [3.8, 4) is 17.0 Å². The lowest BCUT2D eigenvalue weighted by Crippen LogP contribution is -2.42. The molecule has 0 saturated heterocycles. The van der Waals surface area contributed by atoms with Crippen LogP contribution in [0, 0.1) is 6.92 Å². The molecule has 0 saturated carbocycles. The fraction of sp³-hybridized carbons (Fsp3) is 0.261. The summed E-state index contributed by atoms with van der Waals surface area (Å²) in [6, 6.07) is 12.8. The average molecular weight is 453 g/mol. The van der Waals surface area contributed by atoms with Gasteiger partial charge in [0, 0.05) is 35.5 Å². The summed E-state index contributed by atoms with van der Waals surface area (Å²) in [5.41, 5.74) is 3.64. The molecule has 0 fully saturated rings. The first-order valence-corrected chi connectivity index (χ1v) is 11.8. The fourth-order valence-corrected chi connectivity index (χ4v) is 5.03. The molecule has 2 aromatic heterocycles. The SMILES string of the molecule is COc1cc(CN(C(=O)Cn2ncc(-c3ccccc3)c2C)[C@@H]2C=CS(=O)(=O)C2)ccn1. The smallest absolute Gasteiger partial charge is 0.245 e. The third kappa shape index (κ3) is 4.72. The number of methoxy groups -OCH3 is 1. The van der Waals surface area contributed by atoms with Gasteiger partial charge in [0.15, 0.2) is 9.84 Å². The monoisotopic (exact) mass is 452 g/mol. The van der Waals surface area contributed by atoms with Gasteiger partial charge < -0.3 is 9.64 Å². The Kier molecular flexibility index (Phi) is 6.09. The standard InChI is InChI=1S/C23H24N4O4S/c1-17-21(19-6-4-3-5-7-19)13-25-27(17)15-23(28)26(20-9-11-32(29,30)16-20)14-18-8-10-24-22(12-18)31-2/h3-13,20H,14-16H2,1-2H3/t20-/m1/s1. The molecule has 0 unspecified atom stereocenters. The lowest BCUT2D eigenvalue weighted by Gasteiger charge is -2.28. The molecule has 0 N–H and O–H groups in total. The zero-order valence-corrected chi connectivity index (χ0v) is 18.7. The van der Waals surface area contributed by atoms with Gasteiger partial charge in [-0.2, -0.15) is 5.10 Å². The molecule has 1 aliphatic heterocycles. The minimum absolute atomic E-state index is 0.00523. The highest BCUT2D eigenvalue weighted by molar-refractivity contribution is 7.94. The number of nitrogens with zero attached hydrogens (tertiary/aromatic N) is 4. The van der Waals surface area contributed by atoms with E-state index in [0.29, 0.717) is 5.88 Å². The Morgan fingerprint density at radius 2 is 2.03 bits per heavy atom. The second-order valence-corrected chi connectivity index (χ2v) is 9.55. The molecule has 0 bridgehead atoms. The van der Waals surface area contributed by atoms with Crippen LogP contribution in [0.4, 0.5) is 0 Å². The zero-order chi connectivity index (χ0) is 22.7. The van der Waals surface area contributed by atoms with Crippen LogP contribution in [0.15, 0.2) is 66.3 Å². The number of benzene rings is 1. The first-order valence-electron chi connectivity index (χ1n) is 10.1. The van der Waals surface area contributed by atoms with Gasteiger partial charge in [-0.3, -0.25) is 9.48 Å². The number of sulfone groups is 1. The van der Waals surface area contributed by atoms with Crippen molar-refractivity contribution in [3.63, 3.8) is 0 Å². The van der Waals surface area contributed by atoms with Crippen LogP contribution in [0.5, 0.6) is 5.88 Å². The summed E-state index contributed by atoms with van der Waals surface area (Å²) in [7, 11) is -1.81. The van der Waals surface area contributed by atoms with Crippen LogP contribution in [0.2, 0.25) is 0 Å². The van der Waals surface area contributed by atoms with Crippen molar-refractivity contribution in [3.05, 3.63) is 77.6 Å². The van der Waals surface area contributed by atoms with Crippen LogP contribution < -0.4 is 4.74 Å². The lowest BCUT2D eigenvalue weighted by atomic mass is 10.1. The number of hydrogen-bond acceptors (Lipinski definition) is 6. The van der Waals surface area contributed by atoms with Crippen LogP contribution >= 0.6 is 0 Å². The van der Waals surface area contributed by atoms with Gasteiger partial charge >= 0.3 is 0 Å². The van der Waals surface area contributed by atoms with Gasteiger partial charge in [0.1, 0.15) is 6.54 Å². The summed E-state index contributed by atoms with van der Waals surface area (Å²) in [5, 5.41) is 5.59. The first-order chi connectivity index (χ1) is 15.4. The predicted molar refractivity (Wildman–Crippen MR) is 120 cm³/mol. The Labute approximate surface area is 187 Å². The summed E-state index contributed by atoms with van der Waals surface area (Å²) < 4.78 is 30.9. The summed E-state index contributed by atoms with van der Waals surface area (Å²) in [6.45, 7) is 2.15. The molecule has 9 heteroatoms. The van der Waals surface area contributed by atoms with E-state index in [4.69, 9.17) is 4.74 Å². The largest absolute Gasteiger partial charge is 0.481 e. The molecule has 0 aliphatic carbocycles. The number of rotatable bonds is 7. The topological polar surface area (TPSA) is 94.4 Å². The first kappa shape index (κ1) is 21.8. The van der Waals surface area contributed by atoms with E-state index in [2.05, 4.69) is 10.1 Å². The average Bonchev–Trinajstić information content (AvgIpc) is 3.34. The van der Waals surface area contributed by atoms with E-state index in [9.17, 15) is 13.2 Å². The van der Waals surface area contributed by atoms with E-state index in [-0.39, 0.29) is 24.7 Å². The third-order valence-corrected chi connectivity index (χ3v) is 6.84. The quantitative estimate of drug-likeness (QED) is 0.547. The van der Waals surface area contributed by atoms with Crippen LogP contribution in [-0.2, 0) is 27.7 Å². The molecule has 0 spiro atoms. The molecular weight excluding hydrogens is 428 g/mol.